The molecule has 0 atom stereocenters. The van der Waals surface area contributed by atoms with E-state index >= 15 is 0 Å². The van der Waals surface area contributed by atoms with Crippen LogP contribution in [0.5, 0.6) is 0 Å². The molecule has 5 nitrogen and oxygen atoms in total. The Hall–Kier alpha value is -2.53. The van der Waals surface area contributed by atoms with Crippen molar-refractivity contribution in [1.82, 2.24) is 4.90 Å². The van der Waals surface area contributed by atoms with Gasteiger partial charge in [0.25, 0.3) is 0 Å². The second-order valence-corrected chi connectivity index (χ2v) is 6.69. The van der Waals surface area contributed by atoms with Gasteiger partial charge in [-0.2, -0.15) is 0 Å². The number of urea groups is 1. The van der Waals surface area contributed by atoms with Gasteiger partial charge in [-0.05, 0) is 48.7 Å². The molecule has 0 saturated heterocycles. The second kappa shape index (κ2) is 7.57. The normalized spacial score (nSPS) is 13.2. The molecular weight excluding hydrogens is 338 g/mol. The molecule has 0 heterocycles. The molecule has 3 amide bonds. The first kappa shape index (κ1) is 17.3. The van der Waals surface area contributed by atoms with Crippen LogP contribution in [0.1, 0.15) is 18.4 Å². The van der Waals surface area contributed by atoms with Crippen LogP contribution in [0, 0.1) is 5.92 Å². The number of anilines is 2. The molecule has 2 N–H and O–H groups in total. The monoisotopic (exact) mass is 357 g/mol. The molecule has 1 saturated carbocycles. The van der Waals surface area contributed by atoms with Gasteiger partial charge in [0.05, 0.1) is 0 Å². The predicted octanol–water partition coefficient (Wildman–Crippen LogP) is 4.35. The van der Waals surface area contributed by atoms with Crippen LogP contribution in [0.3, 0.4) is 0 Å². The lowest BCUT2D eigenvalue weighted by atomic mass is 10.2. The van der Waals surface area contributed by atoms with E-state index in [0.29, 0.717) is 22.9 Å². The largest absolute Gasteiger partial charge is 0.326 e. The number of halogens is 1. The zero-order valence-corrected chi connectivity index (χ0v) is 14.7. The van der Waals surface area contributed by atoms with E-state index < -0.39 is 0 Å². The molecule has 0 aromatic heterocycles. The summed E-state index contributed by atoms with van der Waals surface area (Å²) in [6.45, 7) is 0.473. The summed E-state index contributed by atoms with van der Waals surface area (Å²) in [5.41, 5.74) is 2.32. The molecular formula is C19H20ClN3O2. The molecule has 1 aliphatic rings. The molecule has 0 spiro atoms. The van der Waals surface area contributed by atoms with Gasteiger partial charge in [0.2, 0.25) is 5.91 Å². The number of hydrogen-bond acceptors (Lipinski definition) is 2. The maximum Gasteiger partial charge on any atom is 0.321 e. The van der Waals surface area contributed by atoms with Gasteiger partial charge in [0.15, 0.2) is 0 Å². The van der Waals surface area contributed by atoms with Gasteiger partial charge in [-0.1, -0.05) is 29.8 Å². The fourth-order valence-electron chi connectivity index (χ4n) is 2.42. The third-order valence-corrected chi connectivity index (χ3v) is 4.26. The van der Waals surface area contributed by atoms with Crippen LogP contribution in [0.15, 0.2) is 48.5 Å². The van der Waals surface area contributed by atoms with Crippen LogP contribution in [-0.2, 0) is 11.3 Å². The van der Waals surface area contributed by atoms with Gasteiger partial charge < -0.3 is 15.5 Å². The molecule has 0 unspecified atom stereocenters. The lowest BCUT2D eigenvalue weighted by molar-refractivity contribution is -0.117. The fraction of sp³-hybridized carbons (Fsp3) is 0.263. The van der Waals surface area contributed by atoms with Crippen LogP contribution in [0.4, 0.5) is 16.2 Å². The standard InChI is InChI=1S/C19H20ClN3O2/c1-23(12-13-5-9-15(20)10-6-13)19(25)22-17-4-2-3-16(11-17)21-18(24)14-7-8-14/h2-6,9-11,14H,7-8,12H2,1H3,(H,21,24)(H,22,25). The Morgan fingerprint density at radius 2 is 1.72 bits per heavy atom. The lowest BCUT2D eigenvalue weighted by Crippen LogP contribution is -2.30. The Labute approximate surface area is 152 Å². The molecule has 6 heteroatoms. The summed E-state index contributed by atoms with van der Waals surface area (Å²) in [5.74, 6) is 0.187. The van der Waals surface area contributed by atoms with Crippen LogP contribution in [-0.4, -0.2) is 23.9 Å². The molecule has 1 aliphatic carbocycles. The van der Waals surface area contributed by atoms with Gasteiger partial charge in [-0.25, -0.2) is 4.79 Å². The zero-order valence-electron chi connectivity index (χ0n) is 14.0. The highest BCUT2D eigenvalue weighted by Gasteiger charge is 2.29. The van der Waals surface area contributed by atoms with Crippen molar-refractivity contribution in [2.75, 3.05) is 17.7 Å². The predicted molar refractivity (Wildman–Crippen MR) is 99.7 cm³/mol. The van der Waals surface area contributed by atoms with Crippen molar-refractivity contribution in [3.05, 3.63) is 59.1 Å². The van der Waals surface area contributed by atoms with Crippen molar-refractivity contribution in [3.8, 4) is 0 Å². The highest BCUT2D eigenvalue weighted by atomic mass is 35.5. The maximum atomic E-state index is 12.3. The molecule has 2 aromatic rings. The van der Waals surface area contributed by atoms with E-state index in [4.69, 9.17) is 11.6 Å². The molecule has 0 radical (unpaired) electrons. The third-order valence-electron chi connectivity index (χ3n) is 4.01. The lowest BCUT2D eigenvalue weighted by Gasteiger charge is -2.18. The molecule has 0 bridgehead atoms. The van der Waals surface area contributed by atoms with Gasteiger partial charge >= 0.3 is 6.03 Å². The van der Waals surface area contributed by atoms with Crippen molar-refractivity contribution >= 4 is 34.9 Å². The SMILES string of the molecule is CN(Cc1ccc(Cl)cc1)C(=O)Nc1cccc(NC(=O)C2CC2)c1. The fourth-order valence-corrected chi connectivity index (χ4v) is 2.54. The van der Waals surface area contributed by atoms with Gasteiger partial charge in [-0.15, -0.1) is 0 Å². The Bertz CT molecular complexity index is 772. The Kier molecular flexibility index (Phi) is 5.24. The number of amides is 3. The summed E-state index contributed by atoms with van der Waals surface area (Å²) < 4.78 is 0. The first-order valence-electron chi connectivity index (χ1n) is 8.19. The minimum absolute atomic E-state index is 0.0448. The van der Waals surface area contributed by atoms with Crippen LogP contribution >= 0.6 is 11.6 Å². The Balaban J connectivity index is 1.57. The first-order chi connectivity index (χ1) is 12.0. The molecule has 3 rings (SSSR count). The summed E-state index contributed by atoms with van der Waals surface area (Å²) >= 11 is 5.87. The number of carbonyl (C=O) groups is 2. The maximum absolute atomic E-state index is 12.3. The molecule has 25 heavy (non-hydrogen) atoms. The number of nitrogens with one attached hydrogen (secondary N) is 2. The van der Waals surface area contributed by atoms with Crippen molar-refractivity contribution < 1.29 is 9.59 Å². The number of benzene rings is 2. The van der Waals surface area contributed by atoms with E-state index in [1.165, 1.54) is 0 Å². The quantitative estimate of drug-likeness (QED) is 0.835. The number of carbonyl (C=O) groups excluding carboxylic acids is 2. The van der Waals surface area contributed by atoms with E-state index in [0.717, 1.165) is 18.4 Å². The highest BCUT2D eigenvalue weighted by molar-refractivity contribution is 6.30. The van der Waals surface area contributed by atoms with Crippen molar-refractivity contribution in [2.24, 2.45) is 5.92 Å². The number of rotatable bonds is 5. The Morgan fingerprint density at radius 3 is 2.36 bits per heavy atom. The number of nitrogens with zero attached hydrogens (tertiary/aromatic N) is 1. The summed E-state index contributed by atoms with van der Waals surface area (Å²) in [5, 5.41) is 6.38. The topological polar surface area (TPSA) is 61.4 Å². The second-order valence-electron chi connectivity index (χ2n) is 6.26. The molecule has 130 valence electrons. The average Bonchev–Trinajstić information content (AvgIpc) is 3.42. The summed E-state index contributed by atoms with van der Waals surface area (Å²) in [7, 11) is 1.72. The van der Waals surface area contributed by atoms with Gasteiger partial charge in [0.1, 0.15) is 0 Å². The summed E-state index contributed by atoms with van der Waals surface area (Å²) in [6.07, 6.45) is 1.91. The minimum atomic E-state index is -0.222. The minimum Gasteiger partial charge on any atom is -0.326 e. The van der Waals surface area contributed by atoms with Gasteiger partial charge in [0, 0.05) is 35.9 Å². The van der Waals surface area contributed by atoms with E-state index in [9.17, 15) is 9.59 Å². The molecule has 1 fully saturated rings. The Morgan fingerprint density at radius 1 is 1.08 bits per heavy atom. The van der Waals surface area contributed by atoms with Crippen molar-refractivity contribution in [1.29, 1.82) is 0 Å². The first-order valence-corrected chi connectivity index (χ1v) is 8.56. The highest BCUT2D eigenvalue weighted by Crippen LogP contribution is 2.30. The van der Waals surface area contributed by atoms with Crippen molar-refractivity contribution in [3.63, 3.8) is 0 Å². The summed E-state index contributed by atoms with van der Waals surface area (Å²) in [6, 6.07) is 14.3. The smallest absolute Gasteiger partial charge is 0.321 e. The zero-order chi connectivity index (χ0) is 17.8. The van der Waals surface area contributed by atoms with E-state index in [-0.39, 0.29) is 17.9 Å². The van der Waals surface area contributed by atoms with E-state index in [1.54, 1.807) is 42.3 Å². The number of hydrogen-bond donors (Lipinski definition) is 2. The average molecular weight is 358 g/mol. The van der Waals surface area contributed by atoms with Crippen LogP contribution in [0.2, 0.25) is 5.02 Å². The molecule has 0 aliphatic heterocycles. The third kappa shape index (κ3) is 4.97. The van der Waals surface area contributed by atoms with Crippen LogP contribution < -0.4 is 10.6 Å². The van der Waals surface area contributed by atoms with E-state index in [1.807, 2.05) is 18.2 Å². The van der Waals surface area contributed by atoms with Gasteiger partial charge in [-0.3, -0.25) is 4.79 Å². The summed E-state index contributed by atoms with van der Waals surface area (Å²) in [4.78, 5) is 25.7. The van der Waals surface area contributed by atoms with Crippen molar-refractivity contribution in [2.45, 2.75) is 19.4 Å². The molecule has 2 aromatic carbocycles. The van der Waals surface area contributed by atoms with E-state index in [2.05, 4.69) is 10.6 Å². The van der Waals surface area contributed by atoms with Crippen LogP contribution in [0.25, 0.3) is 0 Å².